The van der Waals surface area contributed by atoms with Crippen molar-refractivity contribution in [2.45, 2.75) is 39.7 Å². The lowest BCUT2D eigenvalue weighted by Crippen LogP contribution is -2.23. The molecule has 0 radical (unpaired) electrons. The molecule has 1 fully saturated rings. The summed E-state index contributed by atoms with van der Waals surface area (Å²) in [6.07, 6.45) is 6.26. The highest BCUT2D eigenvalue weighted by molar-refractivity contribution is 5.35. The van der Waals surface area contributed by atoms with E-state index in [1.165, 1.54) is 19.3 Å². The van der Waals surface area contributed by atoms with Crippen molar-refractivity contribution in [2.75, 3.05) is 5.73 Å². The Bertz CT molecular complexity index is 293. The van der Waals surface area contributed by atoms with Gasteiger partial charge in [-0.2, -0.15) is 5.10 Å². The van der Waals surface area contributed by atoms with Gasteiger partial charge in [0.15, 0.2) is 0 Å². The van der Waals surface area contributed by atoms with E-state index in [-0.39, 0.29) is 0 Å². The third kappa shape index (κ3) is 1.76. The van der Waals surface area contributed by atoms with Crippen LogP contribution in [0.25, 0.3) is 0 Å². The second kappa shape index (κ2) is 3.64. The molecule has 2 N–H and O–H groups in total. The summed E-state index contributed by atoms with van der Waals surface area (Å²) in [7, 11) is 0. The van der Waals surface area contributed by atoms with E-state index in [2.05, 4.69) is 12.0 Å². The fourth-order valence-corrected chi connectivity index (χ4v) is 2.08. The van der Waals surface area contributed by atoms with Crippen LogP contribution >= 0.6 is 0 Å². The average molecular weight is 193 g/mol. The molecule has 0 aliphatic heterocycles. The molecule has 14 heavy (non-hydrogen) atoms. The molecular formula is C11H19N3. The van der Waals surface area contributed by atoms with Crippen molar-refractivity contribution in [1.29, 1.82) is 0 Å². The van der Waals surface area contributed by atoms with Gasteiger partial charge in [-0.25, -0.2) is 0 Å². The average Bonchev–Trinajstić information content (AvgIpc) is 2.26. The topological polar surface area (TPSA) is 43.8 Å². The van der Waals surface area contributed by atoms with Crippen molar-refractivity contribution in [1.82, 2.24) is 9.78 Å². The summed E-state index contributed by atoms with van der Waals surface area (Å²) >= 11 is 0. The molecule has 0 bridgehead atoms. The van der Waals surface area contributed by atoms with Crippen molar-refractivity contribution in [3.8, 4) is 0 Å². The first-order valence-electron chi connectivity index (χ1n) is 5.46. The number of hydrogen-bond donors (Lipinski definition) is 1. The molecule has 0 aromatic carbocycles. The van der Waals surface area contributed by atoms with Gasteiger partial charge in [-0.05, 0) is 18.8 Å². The second-order valence-corrected chi connectivity index (χ2v) is 4.59. The Kier molecular flexibility index (Phi) is 2.48. The maximum Gasteiger partial charge on any atom is 0.148 e. The highest BCUT2D eigenvalue weighted by atomic mass is 15.3. The molecule has 3 nitrogen and oxygen atoms in total. The molecular weight excluding hydrogens is 174 g/mol. The maximum atomic E-state index is 5.71. The Labute approximate surface area is 85.3 Å². The number of aromatic nitrogens is 2. The molecule has 0 saturated heterocycles. The van der Waals surface area contributed by atoms with Gasteiger partial charge in [-0.15, -0.1) is 0 Å². The molecule has 1 aliphatic carbocycles. The summed E-state index contributed by atoms with van der Waals surface area (Å²) in [5.41, 5.74) is 6.80. The summed E-state index contributed by atoms with van der Waals surface area (Å²) in [6.45, 7) is 5.34. The van der Waals surface area contributed by atoms with Gasteiger partial charge in [0.05, 0.1) is 0 Å². The van der Waals surface area contributed by atoms with Crippen molar-refractivity contribution in [3.63, 3.8) is 0 Å². The van der Waals surface area contributed by atoms with Gasteiger partial charge in [0, 0.05) is 18.3 Å². The van der Waals surface area contributed by atoms with E-state index in [9.17, 15) is 0 Å². The lowest BCUT2D eigenvalue weighted by atomic mass is 9.77. The lowest BCUT2D eigenvalue weighted by molar-refractivity contribution is 0.196. The van der Waals surface area contributed by atoms with Crippen LogP contribution in [0.2, 0.25) is 0 Å². The summed E-state index contributed by atoms with van der Waals surface area (Å²) in [5.74, 6) is 2.33. The summed E-state index contributed by atoms with van der Waals surface area (Å²) in [6, 6.07) is 0. The molecule has 0 amide bonds. The van der Waals surface area contributed by atoms with Crippen LogP contribution in [0.5, 0.6) is 0 Å². The smallest absolute Gasteiger partial charge is 0.148 e. The van der Waals surface area contributed by atoms with Crippen LogP contribution in [0.15, 0.2) is 6.20 Å². The Morgan fingerprint density at radius 3 is 2.79 bits per heavy atom. The second-order valence-electron chi connectivity index (χ2n) is 4.59. The van der Waals surface area contributed by atoms with Gasteiger partial charge in [-0.1, -0.05) is 26.2 Å². The lowest BCUT2D eigenvalue weighted by Gasteiger charge is -2.31. The van der Waals surface area contributed by atoms with Crippen LogP contribution < -0.4 is 5.73 Å². The molecule has 1 saturated carbocycles. The molecule has 1 heterocycles. The minimum absolute atomic E-state index is 0.672. The number of nitrogens with two attached hydrogens (primary N) is 1. The van der Waals surface area contributed by atoms with Crippen LogP contribution in [-0.4, -0.2) is 9.78 Å². The maximum absolute atomic E-state index is 5.71. The van der Waals surface area contributed by atoms with E-state index >= 15 is 0 Å². The molecule has 3 heteroatoms. The molecule has 1 unspecified atom stereocenters. The van der Waals surface area contributed by atoms with Crippen LogP contribution in [0.4, 0.5) is 5.82 Å². The molecule has 1 aliphatic rings. The van der Waals surface area contributed by atoms with Crippen molar-refractivity contribution < 1.29 is 0 Å². The highest BCUT2D eigenvalue weighted by Crippen LogP contribution is 2.33. The van der Waals surface area contributed by atoms with Crippen LogP contribution in [0, 0.1) is 18.8 Å². The quantitative estimate of drug-likeness (QED) is 0.799. The number of nitrogens with zero attached hydrogens (tertiary/aromatic N) is 2. The zero-order valence-corrected chi connectivity index (χ0v) is 9.03. The first-order chi connectivity index (χ1) is 6.66. The zero-order chi connectivity index (χ0) is 10.1. The number of anilines is 1. The molecule has 2 rings (SSSR count). The summed E-state index contributed by atoms with van der Waals surface area (Å²) < 4.78 is 1.99. The first-order valence-corrected chi connectivity index (χ1v) is 5.46. The largest absolute Gasteiger partial charge is 0.382 e. The molecule has 1 aromatic rings. The van der Waals surface area contributed by atoms with Gasteiger partial charge in [-0.3, -0.25) is 4.68 Å². The Morgan fingerprint density at radius 1 is 1.64 bits per heavy atom. The van der Waals surface area contributed by atoms with E-state index in [1.54, 1.807) is 0 Å². The third-order valence-electron chi connectivity index (χ3n) is 3.41. The zero-order valence-electron chi connectivity index (χ0n) is 9.03. The number of nitrogen functional groups attached to an aromatic ring is 1. The van der Waals surface area contributed by atoms with Gasteiger partial charge in [0.25, 0.3) is 0 Å². The van der Waals surface area contributed by atoms with Crippen LogP contribution in [0.3, 0.4) is 0 Å². The van der Waals surface area contributed by atoms with Gasteiger partial charge in [0.1, 0.15) is 5.82 Å². The van der Waals surface area contributed by atoms with E-state index in [4.69, 9.17) is 5.73 Å². The standard InChI is InChI=1S/C11H19N3/c1-8(10-4-3-5-10)6-14-7-9(2)11(12)13-14/h7-8,10H,3-6H2,1-2H3,(H2,12,13). The van der Waals surface area contributed by atoms with Crippen LogP contribution in [0.1, 0.15) is 31.7 Å². The highest BCUT2D eigenvalue weighted by Gasteiger charge is 2.24. The molecule has 1 aromatic heterocycles. The monoisotopic (exact) mass is 193 g/mol. The van der Waals surface area contributed by atoms with E-state index in [0.717, 1.165) is 23.9 Å². The fourth-order valence-electron chi connectivity index (χ4n) is 2.08. The third-order valence-corrected chi connectivity index (χ3v) is 3.41. The molecule has 78 valence electrons. The molecule has 0 spiro atoms. The van der Waals surface area contributed by atoms with Crippen molar-refractivity contribution in [3.05, 3.63) is 11.8 Å². The Balaban J connectivity index is 1.95. The fraction of sp³-hybridized carbons (Fsp3) is 0.727. The first kappa shape index (κ1) is 9.56. The normalized spacial score (nSPS) is 19.3. The van der Waals surface area contributed by atoms with Crippen molar-refractivity contribution in [2.24, 2.45) is 11.8 Å². The van der Waals surface area contributed by atoms with E-state index < -0.39 is 0 Å². The number of hydrogen-bond acceptors (Lipinski definition) is 2. The SMILES string of the molecule is Cc1cn(CC(C)C2CCC2)nc1N. The van der Waals surface area contributed by atoms with E-state index in [1.807, 2.05) is 17.8 Å². The van der Waals surface area contributed by atoms with E-state index in [0.29, 0.717) is 5.82 Å². The van der Waals surface area contributed by atoms with Gasteiger partial charge >= 0.3 is 0 Å². The Hall–Kier alpha value is -0.990. The van der Waals surface area contributed by atoms with Crippen LogP contribution in [-0.2, 0) is 6.54 Å². The van der Waals surface area contributed by atoms with Gasteiger partial charge in [0.2, 0.25) is 0 Å². The molecule has 1 atom stereocenters. The minimum atomic E-state index is 0.672. The minimum Gasteiger partial charge on any atom is -0.382 e. The Morgan fingerprint density at radius 2 is 2.36 bits per heavy atom. The van der Waals surface area contributed by atoms with Crippen molar-refractivity contribution >= 4 is 5.82 Å². The number of rotatable bonds is 3. The van der Waals surface area contributed by atoms with Gasteiger partial charge < -0.3 is 5.73 Å². The predicted octanol–water partition coefficient (Wildman–Crippen LogP) is 2.21. The predicted molar refractivity (Wildman–Crippen MR) is 57.9 cm³/mol. The summed E-state index contributed by atoms with van der Waals surface area (Å²) in [5, 5.41) is 4.29. The number of aryl methyl sites for hydroxylation is 1. The summed E-state index contributed by atoms with van der Waals surface area (Å²) in [4.78, 5) is 0.